The molecule has 0 unspecified atom stereocenters. The highest BCUT2D eigenvalue weighted by molar-refractivity contribution is 5.84. The quantitative estimate of drug-likeness (QED) is 0.779. The van der Waals surface area contributed by atoms with Gasteiger partial charge < -0.3 is 4.90 Å². The number of carbonyl (C=O) groups excluding carboxylic acids is 2. The third-order valence-electron chi connectivity index (χ3n) is 4.51. The SMILES string of the molecule is CCN(CC(=O)N1CCC(=O)CC1)C1CCCCC1. The van der Waals surface area contributed by atoms with Crippen molar-refractivity contribution >= 4 is 11.7 Å². The molecular weight excluding hydrogens is 240 g/mol. The van der Waals surface area contributed by atoms with E-state index in [9.17, 15) is 9.59 Å². The number of rotatable bonds is 4. The van der Waals surface area contributed by atoms with Crippen LogP contribution in [0.25, 0.3) is 0 Å². The number of nitrogens with zero attached hydrogens (tertiary/aromatic N) is 2. The van der Waals surface area contributed by atoms with Crippen LogP contribution in [0.3, 0.4) is 0 Å². The summed E-state index contributed by atoms with van der Waals surface area (Å²) >= 11 is 0. The Kier molecular flexibility index (Phi) is 5.37. The lowest BCUT2D eigenvalue weighted by atomic mass is 9.94. The summed E-state index contributed by atoms with van der Waals surface area (Å²) in [5.41, 5.74) is 0. The largest absolute Gasteiger partial charge is 0.341 e. The van der Waals surface area contributed by atoms with Crippen LogP contribution in [0.2, 0.25) is 0 Å². The molecule has 2 fully saturated rings. The summed E-state index contributed by atoms with van der Waals surface area (Å²) in [4.78, 5) is 27.7. The smallest absolute Gasteiger partial charge is 0.236 e. The van der Waals surface area contributed by atoms with E-state index < -0.39 is 0 Å². The maximum absolute atomic E-state index is 12.3. The van der Waals surface area contributed by atoms with E-state index in [-0.39, 0.29) is 5.91 Å². The van der Waals surface area contributed by atoms with Gasteiger partial charge in [-0.15, -0.1) is 0 Å². The zero-order valence-corrected chi connectivity index (χ0v) is 12.1. The second kappa shape index (κ2) is 7.04. The Morgan fingerprint density at radius 1 is 1.21 bits per heavy atom. The van der Waals surface area contributed by atoms with E-state index in [0.29, 0.717) is 44.3 Å². The molecule has 4 heteroatoms. The lowest BCUT2D eigenvalue weighted by molar-refractivity contribution is -0.136. The van der Waals surface area contributed by atoms with Crippen molar-refractivity contribution in [3.63, 3.8) is 0 Å². The molecule has 0 bridgehead atoms. The minimum absolute atomic E-state index is 0.208. The van der Waals surface area contributed by atoms with Gasteiger partial charge in [-0.1, -0.05) is 26.2 Å². The highest BCUT2D eigenvalue weighted by Gasteiger charge is 2.25. The minimum atomic E-state index is 0.208. The van der Waals surface area contributed by atoms with Gasteiger partial charge in [-0.2, -0.15) is 0 Å². The summed E-state index contributed by atoms with van der Waals surface area (Å²) in [5.74, 6) is 0.503. The van der Waals surface area contributed by atoms with Gasteiger partial charge in [-0.25, -0.2) is 0 Å². The Morgan fingerprint density at radius 3 is 2.42 bits per heavy atom. The number of carbonyl (C=O) groups is 2. The van der Waals surface area contributed by atoms with Crippen molar-refractivity contribution in [1.29, 1.82) is 0 Å². The van der Waals surface area contributed by atoms with Crippen molar-refractivity contribution in [2.75, 3.05) is 26.2 Å². The molecule has 0 spiro atoms. The van der Waals surface area contributed by atoms with Gasteiger partial charge in [0.1, 0.15) is 5.78 Å². The molecule has 1 aliphatic heterocycles. The number of hydrogen-bond acceptors (Lipinski definition) is 3. The Balaban J connectivity index is 1.83. The average Bonchev–Trinajstić information content (AvgIpc) is 2.46. The predicted octanol–water partition coefficient (Wildman–Crippen LogP) is 1.83. The fourth-order valence-electron chi connectivity index (χ4n) is 3.22. The van der Waals surface area contributed by atoms with Crippen LogP contribution in [0.4, 0.5) is 0 Å². The molecule has 1 saturated heterocycles. The molecule has 2 aliphatic rings. The van der Waals surface area contributed by atoms with Gasteiger partial charge >= 0.3 is 0 Å². The van der Waals surface area contributed by atoms with E-state index in [1.54, 1.807) is 0 Å². The summed E-state index contributed by atoms with van der Waals surface area (Å²) in [6, 6.07) is 0.592. The highest BCUT2D eigenvalue weighted by Crippen LogP contribution is 2.22. The van der Waals surface area contributed by atoms with Gasteiger partial charge in [-0.05, 0) is 19.4 Å². The minimum Gasteiger partial charge on any atom is -0.341 e. The first-order valence-corrected chi connectivity index (χ1v) is 7.74. The van der Waals surface area contributed by atoms with Crippen LogP contribution >= 0.6 is 0 Å². The van der Waals surface area contributed by atoms with Gasteiger partial charge in [0, 0.05) is 32.0 Å². The fraction of sp³-hybridized carbons (Fsp3) is 0.867. The number of ketones is 1. The third kappa shape index (κ3) is 4.03. The second-order valence-electron chi connectivity index (χ2n) is 5.77. The number of hydrogen-bond donors (Lipinski definition) is 0. The van der Waals surface area contributed by atoms with Crippen LogP contribution in [0.1, 0.15) is 51.9 Å². The Labute approximate surface area is 116 Å². The fourth-order valence-corrected chi connectivity index (χ4v) is 3.22. The summed E-state index contributed by atoms with van der Waals surface area (Å²) in [6.07, 6.45) is 7.50. The van der Waals surface area contributed by atoms with Crippen molar-refractivity contribution in [2.45, 2.75) is 57.9 Å². The van der Waals surface area contributed by atoms with Crippen molar-refractivity contribution < 1.29 is 9.59 Å². The second-order valence-corrected chi connectivity index (χ2v) is 5.77. The summed E-state index contributed by atoms with van der Waals surface area (Å²) in [7, 11) is 0. The zero-order chi connectivity index (χ0) is 13.7. The van der Waals surface area contributed by atoms with Crippen LogP contribution in [-0.2, 0) is 9.59 Å². The van der Waals surface area contributed by atoms with Gasteiger partial charge in [0.2, 0.25) is 5.91 Å². The normalized spacial score (nSPS) is 22.0. The number of likely N-dealkylation sites (N-methyl/N-ethyl adjacent to an activating group) is 1. The maximum Gasteiger partial charge on any atom is 0.236 e. The number of Topliss-reactive ketones (excluding diaryl/α,β-unsaturated/α-hetero) is 1. The summed E-state index contributed by atoms with van der Waals surface area (Å²) in [6.45, 7) is 4.87. The molecule has 1 aliphatic carbocycles. The molecule has 1 saturated carbocycles. The molecule has 1 amide bonds. The molecule has 0 aromatic heterocycles. The van der Waals surface area contributed by atoms with E-state index in [1.807, 2.05) is 4.90 Å². The molecule has 0 aromatic carbocycles. The summed E-state index contributed by atoms with van der Waals surface area (Å²) in [5, 5.41) is 0. The molecule has 0 aromatic rings. The monoisotopic (exact) mass is 266 g/mol. The zero-order valence-electron chi connectivity index (χ0n) is 12.1. The lowest BCUT2D eigenvalue weighted by Crippen LogP contribution is -2.47. The van der Waals surface area contributed by atoms with Crippen LogP contribution in [0, 0.1) is 0 Å². The maximum atomic E-state index is 12.3. The van der Waals surface area contributed by atoms with Crippen molar-refractivity contribution in [3.05, 3.63) is 0 Å². The number of piperidine rings is 1. The molecule has 0 atom stereocenters. The standard InChI is InChI=1S/C15H26N2O2/c1-2-16(13-6-4-3-5-7-13)12-15(19)17-10-8-14(18)9-11-17/h13H,2-12H2,1H3. The van der Waals surface area contributed by atoms with Gasteiger partial charge in [0.15, 0.2) is 0 Å². The van der Waals surface area contributed by atoms with Crippen molar-refractivity contribution in [2.24, 2.45) is 0 Å². The predicted molar refractivity (Wildman–Crippen MR) is 74.9 cm³/mol. The molecule has 4 nitrogen and oxygen atoms in total. The van der Waals surface area contributed by atoms with Crippen LogP contribution < -0.4 is 0 Å². The molecule has 19 heavy (non-hydrogen) atoms. The molecule has 0 radical (unpaired) electrons. The third-order valence-corrected chi connectivity index (χ3v) is 4.51. The lowest BCUT2D eigenvalue weighted by Gasteiger charge is -2.35. The Hall–Kier alpha value is -0.900. The van der Waals surface area contributed by atoms with Gasteiger partial charge in [0.25, 0.3) is 0 Å². The Bertz CT molecular complexity index is 314. The molecule has 2 rings (SSSR count). The molecular formula is C15H26N2O2. The van der Waals surface area contributed by atoms with E-state index in [2.05, 4.69) is 11.8 Å². The molecule has 0 N–H and O–H groups in total. The number of amides is 1. The van der Waals surface area contributed by atoms with E-state index in [0.717, 1.165) is 6.54 Å². The van der Waals surface area contributed by atoms with E-state index >= 15 is 0 Å². The number of likely N-dealkylation sites (tertiary alicyclic amines) is 1. The first-order chi connectivity index (χ1) is 9.20. The average molecular weight is 266 g/mol. The van der Waals surface area contributed by atoms with Crippen LogP contribution in [-0.4, -0.2) is 53.7 Å². The highest BCUT2D eigenvalue weighted by atomic mass is 16.2. The van der Waals surface area contributed by atoms with E-state index in [1.165, 1.54) is 32.1 Å². The molecule has 108 valence electrons. The van der Waals surface area contributed by atoms with Crippen molar-refractivity contribution in [1.82, 2.24) is 9.80 Å². The summed E-state index contributed by atoms with van der Waals surface area (Å²) < 4.78 is 0. The van der Waals surface area contributed by atoms with E-state index in [4.69, 9.17) is 0 Å². The molecule has 1 heterocycles. The Morgan fingerprint density at radius 2 is 1.84 bits per heavy atom. The van der Waals surface area contributed by atoms with Crippen molar-refractivity contribution in [3.8, 4) is 0 Å². The van der Waals surface area contributed by atoms with Gasteiger partial charge in [-0.3, -0.25) is 14.5 Å². The first kappa shape index (κ1) is 14.5. The van der Waals surface area contributed by atoms with Crippen LogP contribution in [0.15, 0.2) is 0 Å². The van der Waals surface area contributed by atoms with Gasteiger partial charge in [0.05, 0.1) is 6.54 Å². The first-order valence-electron chi connectivity index (χ1n) is 7.74. The topological polar surface area (TPSA) is 40.6 Å². The van der Waals surface area contributed by atoms with Crippen LogP contribution in [0.5, 0.6) is 0 Å².